The molecular formula is C13H24N4. The van der Waals surface area contributed by atoms with Gasteiger partial charge in [-0.05, 0) is 39.5 Å². The molecule has 2 rings (SSSR count). The molecule has 4 heteroatoms. The Morgan fingerprint density at radius 1 is 1.47 bits per heavy atom. The maximum atomic E-state index is 5.87. The molecule has 0 atom stereocenters. The van der Waals surface area contributed by atoms with E-state index >= 15 is 0 Å². The van der Waals surface area contributed by atoms with Crippen LogP contribution in [0.1, 0.15) is 37.9 Å². The van der Waals surface area contributed by atoms with E-state index in [1.165, 1.54) is 24.2 Å². The molecule has 1 heterocycles. The monoisotopic (exact) mass is 236 g/mol. The first-order chi connectivity index (χ1) is 8.04. The Bertz CT molecular complexity index is 390. The smallest absolute Gasteiger partial charge is 0.131 e. The summed E-state index contributed by atoms with van der Waals surface area (Å²) in [6.07, 6.45) is 2.75. The second-order valence-corrected chi connectivity index (χ2v) is 5.40. The van der Waals surface area contributed by atoms with E-state index in [-0.39, 0.29) is 0 Å². The minimum absolute atomic E-state index is 0.496. The van der Waals surface area contributed by atoms with Crippen LogP contribution in [0.25, 0.3) is 0 Å². The molecule has 1 aliphatic carbocycles. The maximum absolute atomic E-state index is 5.87. The lowest BCUT2D eigenvalue weighted by Gasteiger charge is -2.30. The molecular weight excluding hydrogens is 212 g/mol. The van der Waals surface area contributed by atoms with Crippen molar-refractivity contribution in [3.63, 3.8) is 0 Å². The fourth-order valence-corrected chi connectivity index (χ4v) is 2.41. The lowest BCUT2D eigenvalue weighted by Crippen LogP contribution is -2.35. The zero-order valence-electron chi connectivity index (χ0n) is 11.4. The van der Waals surface area contributed by atoms with Gasteiger partial charge in [-0.15, -0.1) is 0 Å². The van der Waals surface area contributed by atoms with Gasteiger partial charge >= 0.3 is 0 Å². The van der Waals surface area contributed by atoms with Crippen LogP contribution >= 0.6 is 0 Å². The van der Waals surface area contributed by atoms with E-state index in [4.69, 9.17) is 5.73 Å². The molecule has 1 aromatic heterocycles. The van der Waals surface area contributed by atoms with Gasteiger partial charge in [-0.1, -0.05) is 0 Å². The number of anilines is 1. The zero-order chi connectivity index (χ0) is 12.6. The van der Waals surface area contributed by atoms with Gasteiger partial charge in [0.05, 0.1) is 5.69 Å². The molecule has 96 valence electrons. The van der Waals surface area contributed by atoms with Crippen LogP contribution in [0.15, 0.2) is 0 Å². The van der Waals surface area contributed by atoms with Crippen LogP contribution in [0.5, 0.6) is 0 Å². The highest BCUT2D eigenvalue weighted by molar-refractivity contribution is 5.51. The molecule has 0 unspecified atom stereocenters. The summed E-state index contributed by atoms with van der Waals surface area (Å²) >= 11 is 0. The van der Waals surface area contributed by atoms with Gasteiger partial charge in [0.2, 0.25) is 0 Å². The van der Waals surface area contributed by atoms with Gasteiger partial charge < -0.3 is 10.6 Å². The number of rotatable bonds is 5. The summed E-state index contributed by atoms with van der Waals surface area (Å²) in [6, 6.07) is 0.496. The van der Waals surface area contributed by atoms with Crippen LogP contribution < -0.4 is 10.6 Å². The van der Waals surface area contributed by atoms with E-state index < -0.39 is 0 Å². The number of hydrogen-bond acceptors (Lipinski definition) is 3. The van der Waals surface area contributed by atoms with Crippen LogP contribution in [0, 0.1) is 12.8 Å². The van der Waals surface area contributed by atoms with E-state index in [2.05, 4.69) is 23.8 Å². The quantitative estimate of drug-likeness (QED) is 0.848. The van der Waals surface area contributed by atoms with Gasteiger partial charge in [0, 0.05) is 31.7 Å². The summed E-state index contributed by atoms with van der Waals surface area (Å²) in [6.45, 7) is 8.24. The minimum atomic E-state index is 0.496. The van der Waals surface area contributed by atoms with Gasteiger partial charge in [-0.3, -0.25) is 4.68 Å². The van der Waals surface area contributed by atoms with Crippen LogP contribution in [-0.2, 0) is 13.6 Å². The first-order valence-electron chi connectivity index (χ1n) is 6.53. The van der Waals surface area contributed by atoms with Gasteiger partial charge in [0.25, 0.3) is 0 Å². The van der Waals surface area contributed by atoms with Crippen molar-refractivity contribution in [3.05, 3.63) is 11.3 Å². The predicted octanol–water partition coefficient (Wildman–Crippen LogP) is 1.81. The van der Waals surface area contributed by atoms with Gasteiger partial charge in [-0.2, -0.15) is 5.10 Å². The van der Waals surface area contributed by atoms with Crippen molar-refractivity contribution < 1.29 is 0 Å². The standard InChI is InChI=1S/C13H24N4/c1-9(2)17(8-11-5-6-11)13-12(7-14)10(3)15-16(13)4/h9,11H,5-8,14H2,1-4H3. The summed E-state index contributed by atoms with van der Waals surface area (Å²) in [7, 11) is 2.02. The normalized spacial score (nSPS) is 15.6. The fraction of sp³-hybridized carbons (Fsp3) is 0.769. The Hall–Kier alpha value is -1.03. The van der Waals surface area contributed by atoms with Crippen LogP contribution in [0.2, 0.25) is 0 Å². The summed E-state index contributed by atoms with van der Waals surface area (Å²) in [5, 5.41) is 4.51. The van der Waals surface area contributed by atoms with Crippen LogP contribution in [0.4, 0.5) is 5.82 Å². The number of aryl methyl sites for hydroxylation is 2. The number of aromatic nitrogens is 2. The van der Waals surface area contributed by atoms with E-state index in [1.54, 1.807) is 0 Å². The molecule has 0 saturated heterocycles. The summed E-state index contributed by atoms with van der Waals surface area (Å²) in [5.41, 5.74) is 8.13. The Balaban J connectivity index is 2.33. The lowest BCUT2D eigenvalue weighted by atomic mass is 10.2. The molecule has 17 heavy (non-hydrogen) atoms. The SMILES string of the molecule is Cc1nn(C)c(N(CC2CC2)C(C)C)c1CN. The van der Waals surface area contributed by atoms with Crippen molar-refractivity contribution in [1.82, 2.24) is 9.78 Å². The summed E-state index contributed by atoms with van der Waals surface area (Å²) in [4.78, 5) is 2.46. The lowest BCUT2D eigenvalue weighted by molar-refractivity contribution is 0.607. The average molecular weight is 236 g/mol. The Kier molecular flexibility index (Phi) is 3.43. The molecule has 1 fully saturated rings. The second kappa shape index (κ2) is 4.69. The highest BCUT2D eigenvalue weighted by Crippen LogP contribution is 2.33. The Morgan fingerprint density at radius 3 is 2.59 bits per heavy atom. The Morgan fingerprint density at radius 2 is 2.12 bits per heavy atom. The van der Waals surface area contributed by atoms with E-state index in [0.717, 1.165) is 18.2 Å². The third kappa shape index (κ3) is 2.46. The average Bonchev–Trinajstić information content (AvgIpc) is 3.01. The van der Waals surface area contributed by atoms with Gasteiger partial charge in [0.15, 0.2) is 0 Å². The molecule has 2 N–H and O–H groups in total. The minimum Gasteiger partial charge on any atom is -0.354 e. The number of hydrogen-bond donors (Lipinski definition) is 1. The molecule has 1 saturated carbocycles. The van der Waals surface area contributed by atoms with Gasteiger partial charge in [-0.25, -0.2) is 0 Å². The van der Waals surface area contributed by atoms with E-state index in [9.17, 15) is 0 Å². The largest absolute Gasteiger partial charge is 0.354 e. The molecule has 0 aliphatic heterocycles. The van der Waals surface area contributed by atoms with Crippen molar-refractivity contribution in [1.29, 1.82) is 0 Å². The van der Waals surface area contributed by atoms with Crippen molar-refractivity contribution >= 4 is 5.82 Å². The van der Waals surface area contributed by atoms with E-state index in [1.807, 2.05) is 18.7 Å². The first kappa shape index (κ1) is 12.4. The van der Waals surface area contributed by atoms with Crippen LogP contribution in [0.3, 0.4) is 0 Å². The highest BCUT2D eigenvalue weighted by Gasteiger charge is 2.28. The fourth-order valence-electron chi connectivity index (χ4n) is 2.41. The van der Waals surface area contributed by atoms with Crippen molar-refractivity contribution in [2.75, 3.05) is 11.4 Å². The molecule has 0 bridgehead atoms. The predicted molar refractivity (Wildman–Crippen MR) is 71.0 cm³/mol. The molecule has 0 radical (unpaired) electrons. The van der Waals surface area contributed by atoms with Crippen molar-refractivity contribution in [2.24, 2.45) is 18.7 Å². The van der Waals surface area contributed by atoms with E-state index in [0.29, 0.717) is 12.6 Å². The molecule has 1 aromatic rings. The number of nitrogens with two attached hydrogens (primary N) is 1. The summed E-state index contributed by atoms with van der Waals surface area (Å²) < 4.78 is 1.99. The third-order valence-electron chi connectivity index (χ3n) is 3.56. The van der Waals surface area contributed by atoms with Crippen molar-refractivity contribution in [3.8, 4) is 0 Å². The molecule has 1 aliphatic rings. The molecule has 0 aromatic carbocycles. The topological polar surface area (TPSA) is 47.1 Å². The van der Waals surface area contributed by atoms with Crippen molar-refractivity contribution in [2.45, 2.75) is 46.2 Å². The highest BCUT2D eigenvalue weighted by atomic mass is 15.4. The summed E-state index contributed by atoms with van der Waals surface area (Å²) in [5.74, 6) is 2.09. The number of nitrogens with zero attached hydrogens (tertiary/aromatic N) is 3. The van der Waals surface area contributed by atoms with Crippen LogP contribution in [-0.4, -0.2) is 22.4 Å². The second-order valence-electron chi connectivity index (χ2n) is 5.40. The van der Waals surface area contributed by atoms with Gasteiger partial charge in [0.1, 0.15) is 5.82 Å². The Labute approximate surface area is 104 Å². The first-order valence-corrected chi connectivity index (χ1v) is 6.53. The molecule has 0 spiro atoms. The maximum Gasteiger partial charge on any atom is 0.131 e. The third-order valence-corrected chi connectivity index (χ3v) is 3.56. The molecule has 0 amide bonds. The zero-order valence-corrected chi connectivity index (χ0v) is 11.4. The molecule has 4 nitrogen and oxygen atoms in total.